The molecule has 0 aliphatic carbocycles. The summed E-state index contributed by atoms with van der Waals surface area (Å²) < 4.78 is 134. The van der Waals surface area contributed by atoms with E-state index >= 15 is 0 Å². The highest BCUT2D eigenvalue weighted by atomic mass is 32.3. The van der Waals surface area contributed by atoms with Gasteiger partial charge >= 0.3 is 25.8 Å². The molecule has 0 saturated heterocycles. The zero-order chi connectivity index (χ0) is 36.1. The van der Waals surface area contributed by atoms with E-state index in [-0.39, 0.29) is 5.97 Å². The number of hydrogen-bond acceptors (Lipinski definition) is 10. The smallest absolute Gasteiger partial charge is 0.460 e. The maximum Gasteiger partial charge on any atom is 0.501 e. The molecule has 21 heteroatoms. The Balaban J connectivity index is 0. The Kier molecular flexibility index (Phi) is 23.1. The van der Waals surface area contributed by atoms with Crippen molar-refractivity contribution in [3.8, 4) is 0 Å². The zero-order valence-corrected chi connectivity index (χ0v) is 30.1. The average molecular weight is 744 g/mol. The van der Waals surface area contributed by atoms with E-state index in [9.17, 15) is 48.0 Å². The number of esters is 1. The zero-order valence-electron chi connectivity index (χ0n) is 27.5. The van der Waals surface area contributed by atoms with Crippen molar-refractivity contribution in [3.05, 3.63) is 4.13 Å². The number of nitrogens with one attached hydrogen (secondary N) is 1. The van der Waals surface area contributed by atoms with Gasteiger partial charge in [0.15, 0.2) is 20.0 Å². The summed E-state index contributed by atoms with van der Waals surface area (Å²) in [6.07, 6.45) is 7.68. The van der Waals surface area contributed by atoms with Gasteiger partial charge in [-0.3, -0.25) is 4.79 Å². The number of carbonyl (C=O) groups excluding carboxylic acids is 1. The largest absolute Gasteiger partial charge is 0.501 e. The third-order valence-corrected chi connectivity index (χ3v) is 11.2. The van der Waals surface area contributed by atoms with Crippen LogP contribution in [0.15, 0.2) is 0 Å². The summed E-state index contributed by atoms with van der Waals surface area (Å²) in [5.74, 6) is -0.140. The van der Waals surface area contributed by atoms with Crippen LogP contribution in [0.25, 0.3) is 4.13 Å². The maximum absolute atomic E-state index is 11.8. The molecular formula is C25H51F6N3O9S2Si. The monoisotopic (exact) mass is 743 g/mol. The van der Waals surface area contributed by atoms with Crippen LogP contribution in [-0.4, -0.2) is 114 Å². The first-order chi connectivity index (χ1) is 21.0. The number of likely N-dealkylation sites (N-methyl/N-ethyl adjacent to an activating group) is 1. The first kappa shape index (κ1) is 47.0. The summed E-state index contributed by atoms with van der Waals surface area (Å²) in [7, 11) is -9.84. The molecule has 0 fully saturated rings. The summed E-state index contributed by atoms with van der Waals surface area (Å²) in [6, 6.07) is 0.811. The minimum atomic E-state index is -6.72. The van der Waals surface area contributed by atoms with Crippen molar-refractivity contribution in [3.63, 3.8) is 0 Å². The van der Waals surface area contributed by atoms with Gasteiger partial charge in [-0.05, 0) is 32.2 Å². The topological polar surface area (TPSA) is 148 Å². The number of sulfonamides is 2. The van der Waals surface area contributed by atoms with Crippen LogP contribution in [0.2, 0.25) is 6.04 Å². The van der Waals surface area contributed by atoms with E-state index in [4.69, 9.17) is 18.0 Å². The normalized spacial score (nSPS) is 13.3. The van der Waals surface area contributed by atoms with Crippen LogP contribution in [0.4, 0.5) is 26.3 Å². The minimum absolute atomic E-state index is 0.140. The Morgan fingerprint density at radius 1 is 0.717 bits per heavy atom. The van der Waals surface area contributed by atoms with Crippen molar-refractivity contribution in [1.29, 1.82) is 0 Å². The molecule has 0 radical (unpaired) electrons. The second-order valence-electron chi connectivity index (χ2n) is 11.0. The molecule has 0 saturated carbocycles. The van der Waals surface area contributed by atoms with Crippen molar-refractivity contribution < 1.29 is 70.5 Å². The van der Waals surface area contributed by atoms with Gasteiger partial charge in [-0.2, -0.15) is 26.3 Å². The van der Waals surface area contributed by atoms with Gasteiger partial charge in [0.05, 0.1) is 27.6 Å². The van der Waals surface area contributed by atoms with Gasteiger partial charge in [0.2, 0.25) is 0 Å². The highest BCUT2D eigenvalue weighted by Gasteiger charge is 2.47. The molecule has 0 aliphatic heterocycles. The first-order valence-corrected chi connectivity index (χ1v) is 19.8. The lowest BCUT2D eigenvalue weighted by molar-refractivity contribution is -0.870. The lowest BCUT2D eigenvalue weighted by atomic mass is 10.4. The fraction of sp³-hybridized carbons (Fsp3) is 0.960. The van der Waals surface area contributed by atoms with Gasteiger partial charge in [-0.25, -0.2) is 16.8 Å². The van der Waals surface area contributed by atoms with Crippen LogP contribution >= 0.6 is 0 Å². The molecule has 278 valence electrons. The average Bonchev–Trinajstić information content (AvgIpc) is 2.89. The number of ether oxygens (including phenoxy) is 1. The first-order valence-electron chi connectivity index (χ1n) is 14.9. The van der Waals surface area contributed by atoms with E-state index in [1.807, 2.05) is 0 Å². The molecule has 0 amide bonds. The standard InChI is InChI=1S/C23H51N2O5Si.C2F6NO4S2/c1-7-10-18-28-31(29-19-11-8-2,30-20-12-9-3)22-13-15-24-16-14-23(26)27-21-17-25(4,5)6;3-1(4,5)14(10,11)9-15(12,13)2(6,7)8/h24H,7-22H2,1-6H3;/q+1;-1. The van der Waals surface area contributed by atoms with Gasteiger partial charge in [-0.15, -0.1) is 0 Å². The number of alkyl halides is 6. The van der Waals surface area contributed by atoms with Crippen molar-refractivity contribution in [2.75, 3.05) is 67.2 Å². The summed E-state index contributed by atoms with van der Waals surface area (Å²) in [5, 5.41) is 3.35. The number of unbranched alkanes of at least 4 members (excludes halogenated alkanes) is 3. The van der Waals surface area contributed by atoms with Crippen LogP contribution < -0.4 is 5.32 Å². The van der Waals surface area contributed by atoms with Crippen LogP contribution in [0.1, 0.15) is 72.1 Å². The second-order valence-corrected chi connectivity index (χ2v) is 17.2. The van der Waals surface area contributed by atoms with Gasteiger partial charge in [0.1, 0.15) is 13.2 Å². The Morgan fingerprint density at radius 2 is 1.13 bits per heavy atom. The predicted octanol–water partition coefficient (Wildman–Crippen LogP) is 5.05. The van der Waals surface area contributed by atoms with Crippen molar-refractivity contribution in [2.24, 2.45) is 0 Å². The number of rotatable bonds is 24. The molecule has 0 aliphatic rings. The molecule has 0 heterocycles. The number of nitrogens with zero attached hydrogens (tertiary/aromatic N) is 2. The van der Waals surface area contributed by atoms with Crippen molar-refractivity contribution in [2.45, 2.75) is 89.2 Å². The molecule has 1 N–H and O–H groups in total. The number of halogens is 6. The van der Waals surface area contributed by atoms with E-state index in [0.717, 1.165) is 72.7 Å². The van der Waals surface area contributed by atoms with Crippen LogP contribution in [0.3, 0.4) is 0 Å². The highest BCUT2D eigenvalue weighted by molar-refractivity contribution is 8.13. The summed E-state index contributed by atoms with van der Waals surface area (Å²) >= 11 is 0. The molecule has 0 aromatic rings. The SMILES string of the molecule is CCCCO[Si](CCCNCCC(=O)OCC[N+](C)(C)C)(OCCCC)OCCCC.O=S(=O)([N-]S(=O)(=O)C(F)(F)F)C(F)(F)F. The quantitative estimate of drug-likeness (QED) is 0.0468. The molecule has 46 heavy (non-hydrogen) atoms. The highest BCUT2D eigenvalue weighted by Crippen LogP contribution is 2.36. The molecule has 0 spiro atoms. The molecule has 0 bridgehead atoms. The van der Waals surface area contributed by atoms with Gasteiger partial charge in [0.25, 0.3) is 0 Å². The van der Waals surface area contributed by atoms with E-state index in [0.29, 0.717) is 39.4 Å². The molecule has 0 atom stereocenters. The van der Waals surface area contributed by atoms with Gasteiger partial charge in [-0.1, -0.05) is 40.0 Å². The summed E-state index contributed by atoms with van der Waals surface area (Å²) in [6.45, 7) is 11.3. The van der Waals surface area contributed by atoms with E-state index in [2.05, 4.69) is 47.2 Å². The Labute approximate surface area is 270 Å². The van der Waals surface area contributed by atoms with Gasteiger partial charge in [0, 0.05) is 32.4 Å². The third kappa shape index (κ3) is 22.5. The lowest BCUT2D eigenvalue weighted by Gasteiger charge is -2.30. The minimum Gasteiger partial charge on any atom is -0.460 e. The maximum atomic E-state index is 11.8. The van der Waals surface area contributed by atoms with E-state index < -0.39 is 39.9 Å². The molecule has 0 rings (SSSR count). The predicted molar refractivity (Wildman–Crippen MR) is 162 cm³/mol. The number of carbonyl (C=O) groups is 1. The third-order valence-electron chi connectivity index (χ3n) is 5.61. The molecule has 0 aromatic carbocycles. The summed E-state index contributed by atoms with van der Waals surface area (Å²) in [4.78, 5) is 11.8. The van der Waals surface area contributed by atoms with Crippen LogP contribution in [0.5, 0.6) is 0 Å². The molecule has 12 nitrogen and oxygen atoms in total. The molecular weight excluding hydrogens is 692 g/mol. The van der Waals surface area contributed by atoms with E-state index in [1.54, 1.807) is 0 Å². The van der Waals surface area contributed by atoms with Crippen molar-refractivity contribution >= 4 is 34.8 Å². The number of hydrogen-bond donors (Lipinski definition) is 1. The molecule has 0 aromatic heterocycles. The van der Waals surface area contributed by atoms with Gasteiger partial charge < -0.3 is 31.9 Å². The van der Waals surface area contributed by atoms with Crippen LogP contribution in [0, 0.1) is 0 Å². The van der Waals surface area contributed by atoms with E-state index in [1.165, 1.54) is 0 Å². The van der Waals surface area contributed by atoms with Crippen molar-refractivity contribution in [1.82, 2.24) is 5.32 Å². The number of quaternary nitrogens is 1. The lowest BCUT2D eigenvalue weighted by Crippen LogP contribution is -2.47. The fourth-order valence-corrected chi connectivity index (χ4v) is 7.29. The Bertz CT molecular complexity index is 975. The Hall–Kier alpha value is -1.07. The fourth-order valence-electron chi connectivity index (χ4n) is 2.92. The van der Waals surface area contributed by atoms with Crippen LogP contribution in [-0.2, 0) is 42.9 Å². The molecule has 0 unspecified atom stereocenters. The Morgan fingerprint density at radius 3 is 1.48 bits per heavy atom. The summed E-state index contributed by atoms with van der Waals surface area (Å²) in [5.41, 5.74) is -12.4. The second kappa shape index (κ2) is 22.5.